The van der Waals surface area contributed by atoms with Crippen LogP contribution in [0.4, 0.5) is 13.9 Å². The highest BCUT2D eigenvalue weighted by Crippen LogP contribution is 2.25. The fraction of sp³-hybridized carbons (Fsp3) is 0.444. The van der Waals surface area contributed by atoms with Gasteiger partial charge in [-0.15, -0.1) is 10.2 Å². The fourth-order valence-corrected chi connectivity index (χ4v) is 3.83. The van der Waals surface area contributed by atoms with E-state index in [0.717, 1.165) is 23.4 Å². The summed E-state index contributed by atoms with van der Waals surface area (Å²) in [6, 6.07) is 5.41. The number of likely N-dealkylation sites (tertiary alicyclic amines) is 1. The zero-order valence-corrected chi connectivity index (χ0v) is 16.0. The van der Waals surface area contributed by atoms with Crippen molar-refractivity contribution in [2.45, 2.75) is 51.8 Å². The number of amides is 2. The first-order valence-corrected chi connectivity index (χ1v) is 9.74. The summed E-state index contributed by atoms with van der Waals surface area (Å²) in [5.41, 5.74) is 0.718. The van der Waals surface area contributed by atoms with Gasteiger partial charge in [0.25, 0.3) is 0 Å². The number of alkyl halides is 2. The van der Waals surface area contributed by atoms with Crippen LogP contribution in [0, 0.1) is 0 Å². The molecule has 10 heteroatoms. The molecule has 1 N–H and O–H groups in total. The Morgan fingerprint density at radius 2 is 2.11 bits per heavy atom. The smallest absolute Gasteiger partial charge is 0.387 e. The molecule has 1 aliphatic rings. The second kappa shape index (κ2) is 9.05. The Hall–Kier alpha value is -2.62. The van der Waals surface area contributed by atoms with Crippen LogP contribution in [0.5, 0.6) is 5.75 Å². The number of hydrogen-bond acceptors (Lipinski definition) is 6. The van der Waals surface area contributed by atoms with Crippen molar-refractivity contribution in [2.24, 2.45) is 0 Å². The van der Waals surface area contributed by atoms with Gasteiger partial charge in [0.15, 0.2) is 0 Å². The molecule has 2 aromatic rings. The van der Waals surface area contributed by atoms with Crippen LogP contribution < -0.4 is 10.1 Å². The lowest BCUT2D eigenvalue weighted by Gasteiger charge is -2.23. The number of benzene rings is 1. The molecule has 0 aliphatic carbocycles. The van der Waals surface area contributed by atoms with Gasteiger partial charge in [-0.1, -0.05) is 30.4 Å². The Bertz CT molecular complexity index is 828. The number of carbonyl (C=O) groups excluding carboxylic acids is 2. The van der Waals surface area contributed by atoms with Crippen molar-refractivity contribution in [2.75, 3.05) is 5.32 Å². The molecule has 7 nitrogen and oxygen atoms in total. The second-order valence-corrected chi connectivity index (χ2v) is 7.40. The lowest BCUT2D eigenvalue weighted by atomic mass is 10.1. The molecule has 0 bridgehead atoms. The third-order valence-corrected chi connectivity index (χ3v) is 5.19. The summed E-state index contributed by atoms with van der Waals surface area (Å²) in [5.74, 6) is -0.389. The van der Waals surface area contributed by atoms with Gasteiger partial charge in [-0.2, -0.15) is 8.78 Å². The summed E-state index contributed by atoms with van der Waals surface area (Å²) in [6.07, 6.45) is 2.43. The Labute approximate surface area is 164 Å². The van der Waals surface area contributed by atoms with Crippen molar-refractivity contribution in [3.05, 3.63) is 34.8 Å². The predicted molar refractivity (Wildman–Crippen MR) is 99.2 cm³/mol. The van der Waals surface area contributed by atoms with Crippen molar-refractivity contribution in [1.29, 1.82) is 0 Å². The summed E-state index contributed by atoms with van der Waals surface area (Å²) < 4.78 is 28.8. The van der Waals surface area contributed by atoms with Crippen LogP contribution in [0.2, 0.25) is 0 Å². The molecule has 3 rings (SSSR count). The van der Waals surface area contributed by atoms with Crippen LogP contribution in [0.15, 0.2) is 24.3 Å². The van der Waals surface area contributed by atoms with E-state index in [1.807, 2.05) is 6.92 Å². The lowest BCUT2D eigenvalue weighted by Crippen LogP contribution is -2.41. The van der Waals surface area contributed by atoms with E-state index in [2.05, 4.69) is 20.3 Å². The minimum Gasteiger partial charge on any atom is -0.435 e. The SMILES string of the molecule is CCCc1nnc(NC(=O)[C@H]2CCC(=O)N2Cc2ccc(OC(F)F)cc2)s1. The summed E-state index contributed by atoms with van der Waals surface area (Å²) in [7, 11) is 0. The third kappa shape index (κ3) is 5.00. The van der Waals surface area contributed by atoms with E-state index >= 15 is 0 Å². The number of nitrogens with one attached hydrogen (secondary N) is 1. The number of rotatable bonds is 8. The number of nitrogens with zero attached hydrogens (tertiary/aromatic N) is 3. The quantitative estimate of drug-likeness (QED) is 0.722. The van der Waals surface area contributed by atoms with Gasteiger partial charge in [-0.05, 0) is 30.5 Å². The molecule has 1 aliphatic heterocycles. The summed E-state index contributed by atoms with van der Waals surface area (Å²) in [6.45, 7) is -0.644. The van der Waals surface area contributed by atoms with Gasteiger partial charge in [0.2, 0.25) is 16.9 Å². The first-order valence-electron chi connectivity index (χ1n) is 8.92. The molecule has 0 spiro atoms. The van der Waals surface area contributed by atoms with Crippen molar-refractivity contribution in [1.82, 2.24) is 15.1 Å². The minimum atomic E-state index is -2.89. The van der Waals surface area contributed by atoms with Crippen LogP contribution >= 0.6 is 11.3 Å². The summed E-state index contributed by atoms with van der Waals surface area (Å²) in [5, 5.41) is 12.0. The highest BCUT2D eigenvalue weighted by Gasteiger charge is 2.36. The van der Waals surface area contributed by atoms with Gasteiger partial charge < -0.3 is 9.64 Å². The largest absolute Gasteiger partial charge is 0.435 e. The van der Waals surface area contributed by atoms with Crippen molar-refractivity contribution >= 4 is 28.3 Å². The third-order valence-electron chi connectivity index (χ3n) is 4.29. The molecule has 0 saturated carbocycles. The second-order valence-electron chi connectivity index (χ2n) is 6.34. The minimum absolute atomic E-state index is 0.0416. The van der Waals surface area contributed by atoms with Gasteiger partial charge in [-0.25, -0.2) is 0 Å². The van der Waals surface area contributed by atoms with E-state index in [1.165, 1.54) is 28.4 Å². The summed E-state index contributed by atoms with van der Waals surface area (Å²) >= 11 is 1.32. The van der Waals surface area contributed by atoms with Gasteiger partial charge in [0.1, 0.15) is 16.8 Å². The van der Waals surface area contributed by atoms with Crippen LogP contribution in [-0.4, -0.2) is 39.6 Å². The zero-order valence-electron chi connectivity index (χ0n) is 15.2. The number of halogens is 2. The molecule has 28 heavy (non-hydrogen) atoms. The Morgan fingerprint density at radius 1 is 1.36 bits per heavy atom. The van der Waals surface area contributed by atoms with Crippen molar-refractivity contribution in [3.63, 3.8) is 0 Å². The molecule has 1 saturated heterocycles. The highest BCUT2D eigenvalue weighted by molar-refractivity contribution is 7.15. The van der Waals surface area contributed by atoms with E-state index in [9.17, 15) is 18.4 Å². The number of aryl methyl sites for hydroxylation is 1. The standard InChI is InChI=1S/C18H20F2N4O3S/c1-2-3-14-22-23-18(28-14)21-16(26)13-8-9-15(25)24(13)10-11-4-6-12(7-5-11)27-17(19)20/h4-7,13,17H,2-3,8-10H2,1H3,(H,21,23,26)/t13-/m1/s1. The van der Waals surface area contributed by atoms with Gasteiger partial charge >= 0.3 is 6.61 Å². The van der Waals surface area contributed by atoms with E-state index < -0.39 is 12.7 Å². The van der Waals surface area contributed by atoms with Gasteiger partial charge in [0.05, 0.1) is 0 Å². The van der Waals surface area contributed by atoms with Crippen LogP contribution in [0.1, 0.15) is 36.8 Å². The lowest BCUT2D eigenvalue weighted by molar-refractivity contribution is -0.133. The molecule has 0 radical (unpaired) electrons. The average molecular weight is 410 g/mol. The Kier molecular flexibility index (Phi) is 6.50. The van der Waals surface area contributed by atoms with E-state index in [1.54, 1.807) is 12.1 Å². The van der Waals surface area contributed by atoms with E-state index in [4.69, 9.17) is 0 Å². The first kappa shape index (κ1) is 20.1. The zero-order chi connectivity index (χ0) is 20.1. The molecule has 1 aromatic heterocycles. The normalized spacial score (nSPS) is 16.6. The molecule has 0 unspecified atom stereocenters. The Morgan fingerprint density at radius 3 is 2.79 bits per heavy atom. The van der Waals surface area contributed by atoms with E-state index in [-0.39, 0.29) is 30.5 Å². The monoisotopic (exact) mass is 410 g/mol. The van der Waals surface area contributed by atoms with Crippen LogP contribution in [0.25, 0.3) is 0 Å². The van der Waals surface area contributed by atoms with Crippen LogP contribution in [0.3, 0.4) is 0 Å². The molecule has 1 atom stereocenters. The maximum absolute atomic E-state index is 12.6. The molecule has 2 amide bonds. The number of carbonyl (C=O) groups is 2. The van der Waals surface area contributed by atoms with Crippen molar-refractivity contribution < 1.29 is 23.1 Å². The molecular formula is C18H20F2N4O3S. The Balaban J connectivity index is 1.64. The maximum atomic E-state index is 12.6. The number of aromatic nitrogens is 2. The maximum Gasteiger partial charge on any atom is 0.387 e. The fourth-order valence-electron chi connectivity index (χ4n) is 2.99. The van der Waals surface area contributed by atoms with Crippen molar-refractivity contribution in [3.8, 4) is 5.75 Å². The summed E-state index contributed by atoms with van der Waals surface area (Å²) in [4.78, 5) is 26.4. The van der Waals surface area contributed by atoms with E-state index in [0.29, 0.717) is 11.6 Å². The molecule has 150 valence electrons. The molecule has 2 heterocycles. The number of anilines is 1. The molecule has 1 aromatic carbocycles. The number of hydrogen-bond donors (Lipinski definition) is 1. The first-order chi connectivity index (χ1) is 13.5. The molecule has 1 fully saturated rings. The highest BCUT2D eigenvalue weighted by atomic mass is 32.1. The predicted octanol–water partition coefficient (Wildman–Crippen LogP) is 3.22. The average Bonchev–Trinajstić information content (AvgIpc) is 3.23. The van der Waals surface area contributed by atoms with Gasteiger partial charge in [-0.3, -0.25) is 14.9 Å². The number of ether oxygens (including phenoxy) is 1. The molecular weight excluding hydrogens is 390 g/mol. The topological polar surface area (TPSA) is 84.4 Å². The van der Waals surface area contributed by atoms with Gasteiger partial charge in [0, 0.05) is 19.4 Å². The van der Waals surface area contributed by atoms with Crippen LogP contribution in [-0.2, 0) is 22.6 Å².